The normalized spacial score (nSPS) is 13.6. The minimum absolute atomic E-state index is 0.135. The number of ketones is 1. The first kappa shape index (κ1) is 18.5. The second kappa shape index (κ2) is 7.28. The van der Waals surface area contributed by atoms with Crippen LogP contribution in [-0.4, -0.2) is 26.6 Å². The molecule has 0 fully saturated rings. The molecule has 3 aromatic rings. The van der Waals surface area contributed by atoms with Crippen LogP contribution in [0, 0.1) is 10.1 Å². The van der Waals surface area contributed by atoms with Crippen molar-refractivity contribution in [3.63, 3.8) is 0 Å². The van der Waals surface area contributed by atoms with Gasteiger partial charge < -0.3 is 5.11 Å². The second-order valence-electron chi connectivity index (χ2n) is 6.24. The molecule has 2 heterocycles. The Morgan fingerprint density at radius 3 is 2.66 bits per heavy atom. The van der Waals surface area contributed by atoms with E-state index in [1.807, 2.05) is 24.3 Å². The Bertz CT molecular complexity index is 1250. The third-order valence-corrected chi connectivity index (χ3v) is 5.36. The Morgan fingerprint density at radius 2 is 1.93 bits per heavy atom. The summed E-state index contributed by atoms with van der Waals surface area (Å²) in [4.78, 5) is 39.0. The van der Waals surface area contributed by atoms with Crippen LogP contribution in [-0.2, 0) is 6.54 Å². The van der Waals surface area contributed by atoms with Crippen LogP contribution in [0.25, 0.3) is 11.6 Å². The largest absolute Gasteiger partial charge is 0.493 e. The number of thiazole rings is 1. The van der Waals surface area contributed by atoms with E-state index in [1.165, 1.54) is 24.3 Å². The predicted molar refractivity (Wildman–Crippen MR) is 110 cm³/mol. The van der Waals surface area contributed by atoms with E-state index in [0.29, 0.717) is 4.88 Å². The maximum absolute atomic E-state index is 12.4. The van der Waals surface area contributed by atoms with Gasteiger partial charge in [-0.25, -0.2) is 0 Å². The average molecular weight is 407 g/mol. The van der Waals surface area contributed by atoms with Crippen molar-refractivity contribution in [2.24, 2.45) is 4.99 Å². The first-order valence-electron chi connectivity index (χ1n) is 8.49. The van der Waals surface area contributed by atoms with Crippen LogP contribution < -0.4 is 4.87 Å². The van der Waals surface area contributed by atoms with Crippen LogP contribution in [0.2, 0.25) is 0 Å². The average Bonchev–Trinajstić information content (AvgIpc) is 3.24. The van der Waals surface area contributed by atoms with Gasteiger partial charge in [-0.1, -0.05) is 29.5 Å². The van der Waals surface area contributed by atoms with Gasteiger partial charge in [0.2, 0.25) is 5.88 Å². The molecule has 0 bridgehead atoms. The molecule has 0 saturated heterocycles. The maximum Gasteiger partial charge on any atom is 0.311 e. The molecule has 4 rings (SSSR count). The van der Waals surface area contributed by atoms with Crippen LogP contribution in [0.4, 0.5) is 11.4 Å². The van der Waals surface area contributed by atoms with Gasteiger partial charge in [-0.3, -0.25) is 29.3 Å². The molecule has 0 unspecified atom stereocenters. The number of rotatable bonds is 5. The number of aliphatic imine (C=N–C) groups is 1. The zero-order chi connectivity index (χ0) is 20.5. The number of carbonyl (C=O) groups excluding carboxylic acids is 1. The monoisotopic (exact) mass is 407 g/mol. The Hall–Kier alpha value is -3.85. The van der Waals surface area contributed by atoms with E-state index in [0.717, 1.165) is 32.7 Å². The number of carbonyl (C=O) groups is 1. The topological polar surface area (TPSA) is 115 Å². The fourth-order valence-electron chi connectivity index (χ4n) is 2.95. The van der Waals surface area contributed by atoms with Crippen LogP contribution >= 0.6 is 11.3 Å². The zero-order valence-corrected chi connectivity index (χ0v) is 15.6. The predicted octanol–water partition coefficient (Wildman–Crippen LogP) is 3.66. The van der Waals surface area contributed by atoms with Gasteiger partial charge >= 0.3 is 4.87 Å². The summed E-state index contributed by atoms with van der Waals surface area (Å²) in [6, 6.07) is 12.6. The molecular weight excluding hydrogens is 394 g/mol. The lowest BCUT2D eigenvalue weighted by molar-refractivity contribution is -0.384. The van der Waals surface area contributed by atoms with Gasteiger partial charge in [0.1, 0.15) is 0 Å². The standard InChI is InChI=1S/C20H13N3O5S/c24-17(12-5-7-14(8-6-12)23(27)28)11-22-19(25)18(29-20(22)26)9-13-10-21-16-4-2-1-3-15(13)16/h1-10,25H,11H2. The van der Waals surface area contributed by atoms with Crippen LogP contribution in [0.5, 0.6) is 5.88 Å². The third kappa shape index (κ3) is 3.50. The summed E-state index contributed by atoms with van der Waals surface area (Å²) in [5, 5.41) is 21.2. The minimum atomic E-state index is -0.562. The number of nitro benzene ring substituents is 1. The number of aromatic nitrogens is 1. The van der Waals surface area contributed by atoms with E-state index >= 15 is 0 Å². The highest BCUT2D eigenvalue weighted by Gasteiger charge is 2.19. The van der Waals surface area contributed by atoms with Crippen LogP contribution in [0.1, 0.15) is 20.8 Å². The van der Waals surface area contributed by atoms with E-state index in [-0.39, 0.29) is 23.7 Å². The summed E-state index contributed by atoms with van der Waals surface area (Å²) >= 11 is 0.824. The molecule has 1 aliphatic heterocycles. The summed E-state index contributed by atoms with van der Waals surface area (Å²) in [5.41, 5.74) is 2.53. The number of hydrogen-bond acceptors (Lipinski definition) is 7. The number of nitrogens with zero attached hydrogens (tertiary/aromatic N) is 3. The Morgan fingerprint density at radius 1 is 1.21 bits per heavy atom. The summed E-state index contributed by atoms with van der Waals surface area (Å²) in [6.07, 6.45) is 3.31. The molecule has 29 heavy (non-hydrogen) atoms. The van der Waals surface area contributed by atoms with Gasteiger partial charge in [-0.15, -0.1) is 0 Å². The number of non-ortho nitro benzene ring substituents is 1. The van der Waals surface area contributed by atoms with Crippen molar-refractivity contribution in [1.82, 2.24) is 4.57 Å². The highest BCUT2D eigenvalue weighted by molar-refractivity contribution is 7.10. The molecule has 0 aliphatic carbocycles. The molecule has 0 spiro atoms. The van der Waals surface area contributed by atoms with Gasteiger partial charge in [0.05, 0.1) is 22.0 Å². The first-order chi connectivity index (χ1) is 13.9. The molecule has 0 amide bonds. The van der Waals surface area contributed by atoms with Gasteiger partial charge in [-0.2, -0.15) is 0 Å². The lowest BCUT2D eigenvalue weighted by Gasteiger charge is -2.04. The number of para-hydroxylation sites is 1. The fraction of sp³-hybridized carbons (Fsp3) is 0.0500. The highest BCUT2D eigenvalue weighted by Crippen LogP contribution is 2.34. The van der Waals surface area contributed by atoms with Crippen molar-refractivity contribution in [3.8, 4) is 5.88 Å². The first-order valence-corrected chi connectivity index (χ1v) is 9.31. The van der Waals surface area contributed by atoms with E-state index < -0.39 is 15.6 Å². The molecule has 2 aromatic carbocycles. The minimum Gasteiger partial charge on any atom is -0.493 e. The number of Topliss-reactive ketones (excluding diaryl/α,β-unsaturated/α-hetero) is 1. The summed E-state index contributed by atoms with van der Waals surface area (Å²) in [5.74, 6) is -0.748. The maximum atomic E-state index is 12.4. The number of fused-ring (bicyclic) bond motifs is 1. The molecule has 144 valence electrons. The summed E-state index contributed by atoms with van der Waals surface area (Å²) in [7, 11) is 0. The Labute approximate surface area is 167 Å². The number of aromatic hydroxyl groups is 1. The van der Waals surface area contributed by atoms with Gasteiger partial charge in [0.15, 0.2) is 5.78 Å². The SMILES string of the molecule is O=C(Cn1c(O)c(C=C2C=Nc3ccccc32)sc1=O)c1ccc([N+](=O)[O-])cc1. The van der Waals surface area contributed by atoms with Gasteiger partial charge in [-0.05, 0) is 24.3 Å². The number of nitro groups is 1. The van der Waals surface area contributed by atoms with Crippen molar-refractivity contribution >= 4 is 46.4 Å². The summed E-state index contributed by atoms with van der Waals surface area (Å²) in [6.45, 7) is -0.368. The van der Waals surface area contributed by atoms with Gasteiger partial charge in [0.25, 0.3) is 5.69 Å². The number of hydrogen-bond donors (Lipinski definition) is 1. The second-order valence-corrected chi connectivity index (χ2v) is 7.24. The zero-order valence-electron chi connectivity index (χ0n) is 14.8. The van der Waals surface area contributed by atoms with Crippen molar-refractivity contribution < 1.29 is 14.8 Å². The molecule has 1 N–H and O–H groups in total. The molecule has 0 atom stereocenters. The Kier molecular flexibility index (Phi) is 4.65. The van der Waals surface area contributed by atoms with Crippen LogP contribution in [0.3, 0.4) is 0 Å². The molecule has 1 aromatic heterocycles. The van der Waals surface area contributed by atoms with E-state index in [9.17, 15) is 24.8 Å². The van der Waals surface area contributed by atoms with E-state index in [4.69, 9.17) is 0 Å². The van der Waals surface area contributed by atoms with E-state index in [1.54, 1.807) is 12.3 Å². The number of allylic oxidation sites excluding steroid dienone is 1. The fourth-order valence-corrected chi connectivity index (χ4v) is 3.78. The number of benzene rings is 2. The van der Waals surface area contributed by atoms with Gasteiger partial charge in [0, 0.05) is 35.0 Å². The molecule has 0 saturated carbocycles. The molecule has 8 nitrogen and oxygen atoms in total. The molecular formula is C20H13N3O5S. The molecule has 0 radical (unpaired) electrons. The molecule has 9 heteroatoms. The third-order valence-electron chi connectivity index (χ3n) is 4.44. The van der Waals surface area contributed by atoms with Crippen LogP contribution in [0.15, 0.2) is 58.3 Å². The quantitative estimate of drug-likeness (QED) is 0.394. The lowest BCUT2D eigenvalue weighted by atomic mass is 10.1. The van der Waals surface area contributed by atoms with Crippen molar-refractivity contribution in [3.05, 3.63) is 84.3 Å². The Balaban J connectivity index is 1.61. The highest BCUT2D eigenvalue weighted by atomic mass is 32.1. The van der Waals surface area contributed by atoms with Crippen molar-refractivity contribution in [2.45, 2.75) is 6.54 Å². The summed E-state index contributed by atoms with van der Waals surface area (Å²) < 4.78 is 0.985. The smallest absolute Gasteiger partial charge is 0.311 e. The van der Waals surface area contributed by atoms with Crippen molar-refractivity contribution in [1.29, 1.82) is 0 Å². The van der Waals surface area contributed by atoms with E-state index in [2.05, 4.69) is 4.99 Å². The van der Waals surface area contributed by atoms with Crippen molar-refractivity contribution in [2.75, 3.05) is 0 Å². The molecule has 1 aliphatic rings. The lowest BCUT2D eigenvalue weighted by Crippen LogP contribution is -2.19.